The molecule has 0 spiro atoms. The molecular weight excluding hydrogens is 1210 g/mol. The Morgan fingerprint density at radius 3 is 1.14 bits per heavy atom. The van der Waals surface area contributed by atoms with Crippen molar-refractivity contribution >= 4 is 52.5 Å². The average molecular weight is 1300 g/mol. The van der Waals surface area contributed by atoms with E-state index in [9.17, 15) is 28.8 Å². The topological polar surface area (TPSA) is 247 Å². The molecule has 6 amide bonds. The van der Waals surface area contributed by atoms with E-state index in [0.29, 0.717) is 86.4 Å². The van der Waals surface area contributed by atoms with Gasteiger partial charge in [0.1, 0.15) is 17.1 Å². The van der Waals surface area contributed by atoms with Crippen LogP contribution in [-0.2, 0) is 4.74 Å². The van der Waals surface area contributed by atoms with Crippen LogP contribution in [0.15, 0.2) is 182 Å². The normalized spacial score (nSPS) is 14.9. The van der Waals surface area contributed by atoms with Crippen LogP contribution in [0.2, 0.25) is 0 Å². The summed E-state index contributed by atoms with van der Waals surface area (Å²) in [7, 11) is 0. The zero-order chi connectivity index (χ0) is 66.8. The fraction of sp³-hybridized carbons (Fsp3) is 0.289. The van der Waals surface area contributed by atoms with E-state index in [4.69, 9.17) is 4.74 Å². The van der Waals surface area contributed by atoms with Crippen molar-refractivity contribution in [2.45, 2.75) is 78.2 Å². The van der Waals surface area contributed by atoms with Crippen LogP contribution in [0.25, 0.3) is 33.8 Å². The van der Waals surface area contributed by atoms with Crippen molar-refractivity contribution in [2.24, 2.45) is 5.92 Å². The third-order valence-corrected chi connectivity index (χ3v) is 17.6. The summed E-state index contributed by atoms with van der Waals surface area (Å²) in [6.07, 6.45) is 13.7. The van der Waals surface area contributed by atoms with Crippen molar-refractivity contribution in [3.05, 3.63) is 233 Å². The minimum atomic E-state index is -0.313. The van der Waals surface area contributed by atoms with Crippen LogP contribution >= 0.6 is 0 Å². The molecule has 9 aromatic rings. The van der Waals surface area contributed by atoms with Crippen LogP contribution in [-0.4, -0.2) is 145 Å². The molecule has 13 rings (SSSR count). The first-order valence-corrected chi connectivity index (χ1v) is 32.9. The molecule has 0 unspecified atom stereocenters. The van der Waals surface area contributed by atoms with Crippen LogP contribution in [0.3, 0.4) is 0 Å². The molecule has 3 aromatic heterocycles. The van der Waals surface area contributed by atoms with Gasteiger partial charge in [-0.3, -0.25) is 43.7 Å². The number of anilines is 3. The van der Waals surface area contributed by atoms with E-state index in [1.54, 1.807) is 63.6 Å². The van der Waals surface area contributed by atoms with E-state index in [2.05, 4.69) is 56.1 Å². The molecule has 504 valence electrons. The Kier molecular flexibility index (Phi) is 22.5. The summed E-state index contributed by atoms with van der Waals surface area (Å²) in [6, 6.07) is 50.3. The predicted molar refractivity (Wildman–Crippen MR) is 385 cm³/mol. The summed E-state index contributed by atoms with van der Waals surface area (Å²) in [4.78, 5) is 109. The van der Waals surface area contributed by atoms with E-state index in [0.717, 1.165) is 94.6 Å². The third kappa shape index (κ3) is 17.6. The minimum Gasteiger partial charge on any atom is -0.381 e. The first-order valence-electron chi connectivity index (χ1n) is 32.9. The molecule has 20 heteroatoms. The Labute approximate surface area is 569 Å². The highest BCUT2D eigenvalue weighted by molar-refractivity contribution is 6.05. The van der Waals surface area contributed by atoms with Crippen LogP contribution in [0, 0.1) is 26.7 Å². The largest absolute Gasteiger partial charge is 0.381 e. The second-order valence-electron chi connectivity index (χ2n) is 24.3. The van der Waals surface area contributed by atoms with Gasteiger partial charge in [-0.1, -0.05) is 91.0 Å². The lowest BCUT2D eigenvalue weighted by Gasteiger charge is -2.36. The smallest absolute Gasteiger partial charge is 0.276 e. The standard InChI is InChI=1S/C28H31N5O2.C25H26N4O3.C23H22N4O2.7H2/c1-20-26(27(34)30-23-7-3-2-4-8-23)31-25(19-29-20)21-9-11-22(12-10-21)28(35)33-17-13-24(14-18-33)32-15-5-6-16-32;1-17-23(25(31)28-21-5-3-2-4-6-21)29-22(16-26-17)19-7-9-20(10-8-19)24(30)27-15-18-11-13-32-14-12-18;1-16-21(22(28)25-19-7-3-2-4-8-19)26-20(15-24-16)17-9-11-18(12-10-17)23(29)27-13-5-6-14-27;;;;;;;/h2-4,7-12,19,24H,5-6,13-18H2,1H3,(H,30,34);2-10,16,18H,11-15H2,1H3,(H,27,30)(H,28,31);2-4,7-12,15H,5-6,13-14H2,1H3,(H,25,28);7*1H. The van der Waals surface area contributed by atoms with Gasteiger partial charge in [0.05, 0.1) is 52.8 Å². The highest BCUT2D eigenvalue weighted by Crippen LogP contribution is 2.27. The second kappa shape index (κ2) is 32.4. The molecule has 96 heavy (non-hydrogen) atoms. The molecule has 0 radical (unpaired) electrons. The van der Waals surface area contributed by atoms with Gasteiger partial charge in [0, 0.05) is 112 Å². The number of carbonyl (C=O) groups is 6. The third-order valence-electron chi connectivity index (χ3n) is 17.6. The SMILES string of the molecule is Cc1ncc(-c2ccc(C(=O)N3CCC(N4CCCC4)CC3)cc2)nc1C(=O)Nc1ccccc1.Cc1ncc(-c2ccc(C(=O)N3CCCC3)cc2)nc1C(=O)Nc1ccccc1.Cc1ncc(-c2ccc(C(=O)NCC3CCOCC3)cc2)nc1C(=O)Nc1ccccc1.[HH].[HH].[HH].[HH].[HH].[HH].[HH]. The van der Waals surface area contributed by atoms with E-state index in [-0.39, 0.29) is 62.5 Å². The van der Waals surface area contributed by atoms with Crippen molar-refractivity contribution in [1.29, 1.82) is 0 Å². The number of rotatable bonds is 15. The fourth-order valence-corrected chi connectivity index (χ4v) is 12.0. The van der Waals surface area contributed by atoms with Gasteiger partial charge in [-0.05, 0) is 164 Å². The number of benzene rings is 6. The quantitative estimate of drug-likeness (QED) is 0.0746. The molecule has 4 fully saturated rings. The summed E-state index contributed by atoms with van der Waals surface area (Å²) < 4.78 is 5.36. The van der Waals surface area contributed by atoms with E-state index < -0.39 is 0 Å². The predicted octanol–water partition coefficient (Wildman–Crippen LogP) is 13.9. The Morgan fingerprint density at radius 2 is 0.760 bits per heavy atom. The van der Waals surface area contributed by atoms with Crippen molar-refractivity contribution in [3.63, 3.8) is 0 Å². The zero-order valence-corrected chi connectivity index (χ0v) is 54.4. The molecule has 4 saturated heterocycles. The zero-order valence-electron chi connectivity index (χ0n) is 54.4. The molecule has 0 saturated carbocycles. The number of para-hydroxylation sites is 3. The van der Waals surface area contributed by atoms with Gasteiger partial charge >= 0.3 is 0 Å². The maximum Gasteiger partial charge on any atom is 0.276 e. The number of amides is 6. The number of piperidine rings is 1. The van der Waals surface area contributed by atoms with Gasteiger partial charge in [0.15, 0.2) is 0 Å². The Morgan fingerprint density at radius 1 is 0.417 bits per heavy atom. The molecule has 7 heterocycles. The summed E-state index contributed by atoms with van der Waals surface area (Å²) in [5.74, 6) is -0.402. The van der Waals surface area contributed by atoms with Gasteiger partial charge in [-0.25, -0.2) is 15.0 Å². The number of hydrogen-bond donors (Lipinski definition) is 4. The highest BCUT2D eigenvalue weighted by Gasteiger charge is 2.29. The number of nitrogens with zero attached hydrogens (tertiary/aromatic N) is 9. The van der Waals surface area contributed by atoms with E-state index >= 15 is 0 Å². The summed E-state index contributed by atoms with van der Waals surface area (Å²) >= 11 is 0. The van der Waals surface area contributed by atoms with Gasteiger partial charge in [-0.2, -0.15) is 0 Å². The Hall–Kier alpha value is -10.7. The molecule has 0 atom stereocenters. The number of aromatic nitrogens is 6. The van der Waals surface area contributed by atoms with Crippen LogP contribution < -0.4 is 21.3 Å². The van der Waals surface area contributed by atoms with Gasteiger partial charge in [0.25, 0.3) is 35.4 Å². The van der Waals surface area contributed by atoms with Gasteiger partial charge in [-0.15, -0.1) is 0 Å². The molecule has 0 bridgehead atoms. The number of ether oxygens (including phenoxy) is 1. The minimum absolute atomic E-state index is 0. The molecule has 4 N–H and O–H groups in total. The van der Waals surface area contributed by atoms with Crippen molar-refractivity contribution in [1.82, 2.24) is 49.9 Å². The van der Waals surface area contributed by atoms with Crippen molar-refractivity contribution in [2.75, 3.05) is 75.0 Å². The second-order valence-corrected chi connectivity index (χ2v) is 24.3. The number of likely N-dealkylation sites (tertiary alicyclic amines) is 3. The van der Waals surface area contributed by atoms with Crippen LogP contribution in [0.5, 0.6) is 0 Å². The summed E-state index contributed by atoms with van der Waals surface area (Å²) in [5, 5.41) is 11.6. The van der Waals surface area contributed by atoms with Crippen molar-refractivity contribution in [3.8, 4) is 33.8 Å². The number of nitrogens with one attached hydrogen (secondary N) is 4. The molecule has 4 aliphatic rings. The molecule has 20 nitrogen and oxygen atoms in total. The summed E-state index contributed by atoms with van der Waals surface area (Å²) in [6.45, 7) is 13.1. The number of hydrogen-bond acceptors (Lipinski definition) is 14. The lowest BCUT2D eigenvalue weighted by atomic mass is 10.0. The molecule has 6 aromatic carbocycles. The first-order chi connectivity index (χ1) is 46.8. The van der Waals surface area contributed by atoms with Crippen molar-refractivity contribution < 1.29 is 43.5 Å². The van der Waals surface area contributed by atoms with Crippen LogP contribution in [0.1, 0.15) is 141 Å². The lowest BCUT2D eigenvalue weighted by molar-refractivity contribution is 0.0642. The maximum absolute atomic E-state index is 13.1. The fourth-order valence-electron chi connectivity index (χ4n) is 12.0. The number of carbonyl (C=O) groups excluding carboxylic acids is 6. The van der Waals surface area contributed by atoms with Crippen LogP contribution in [0.4, 0.5) is 17.1 Å². The Balaban J connectivity index is 0.000000318. The summed E-state index contributed by atoms with van der Waals surface area (Å²) in [5.41, 5.74) is 10.7. The van der Waals surface area contributed by atoms with Gasteiger partial charge < -0.3 is 40.7 Å². The molecule has 4 aliphatic heterocycles. The first kappa shape index (κ1) is 66.7. The average Bonchev–Trinajstić information content (AvgIpc) is 1.64. The monoisotopic (exact) mass is 1300 g/mol. The lowest BCUT2D eigenvalue weighted by Crippen LogP contribution is -2.45. The Bertz CT molecular complexity index is 4170. The van der Waals surface area contributed by atoms with E-state index in [1.807, 2.05) is 149 Å². The van der Waals surface area contributed by atoms with Gasteiger partial charge in [0.2, 0.25) is 0 Å². The number of aryl methyl sites for hydroxylation is 3. The maximum atomic E-state index is 13.1. The molecule has 0 aliphatic carbocycles. The highest BCUT2D eigenvalue weighted by atomic mass is 16.5. The van der Waals surface area contributed by atoms with E-state index in [1.165, 1.54) is 25.9 Å². The molecular formula is C76H93N13O7.